The summed E-state index contributed by atoms with van der Waals surface area (Å²) in [5, 5.41) is 2.18. The van der Waals surface area contributed by atoms with Crippen molar-refractivity contribution in [2.24, 2.45) is 5.92 Å². The lowest BCUT2D eigenvalue weighted by atomic mass is 9.75. The van der Waals surface area contributed by atoms with Crippen LogP contribution in [0.2, 0.25) is 0 Å². The number of carbonyl (C=O) groups is 3. The number of hydrogen-bond donors (Lipinski definition) is 1. The Morgan fingerprint density at radius 3 is 2.06 bits per heavy atom. The summed E-state index contributed by atoms with van der Waals surface area (Å²) in [6, 6.07) is 5.32. The zero-order valence-electron chi connectivity index (χ0n) is 17.3. The van der Waals surface area contributed by atoms with E-state index in [1.165, 1.54) is 26.0 Å². The number of benzene rings is 1. The van der Waals surface area contributed by atoms with Crippen molar-refractivity contribution in [1.82, 2.24) is 5.32 Å². The fraction of sp³-hybridized carbons (Fsp3) is 0.476. The van der Waals surface area contributed by atoms with E-state index in [4.69, 9.17) is 9.47 Å². The minimum atomic E-state index is -4.83. The highest BCUT2D eigenvalue weighted by Crippen LogP contribution is 2.49. The molecule has 0 aromatic heterocycles. The molecule has 170 valence electrons. The van der Waals surface area contributed by atoms with Gasteiger partial charge in [-0.15, -0.1) is 0 Å². The molecule has 0 aliphatic carbocycles. The lowest BCUT2D eigenvalue weighted by Gasteiger charge is -2.30. The zero-order valence-corrected chi connectivity index (χ0v) is 17.3. The first-order chi connectivity index (χ1) is 14.6. The maximum absolute atomic E-state index is 14.1. The number of nitrogens with one attached hydrogen (secondary N) is 1. The fourth-order valence-corrected chi connectivity index (χ4v) is 3.75. The summed E-state index contributed by atoms with van der Waals surface area (Å²) in [5.41, 5.74) is -2.30. The van der Waals surface area contributed by atoms with Gasteiger partial charge in [0.25, 0.3) is 0 Å². The first-order valence-electron chi connectivity index (χ1n) is 9.63. The highest BCUT2D eigenvalue weighted by atomic mass is 19.4. The summed E-state index contributed by atoms with van der Waals surface area (Å²) in [6.45, 7) is 2.56. The monoisotopic (exact) mass is 443 g/mol. The van der Waals surface area contributed by atoms with E-state index in [0.717, 1.165) is 19.3 Å². The second-order valence-corrected chi connectivity index (χ2v) is 6.76. The average Bonchev–Trinajstić information content (AvgIpc) is 3.09. The van der Waals surface area contributed by atoms with Crippen molar-refractivity contribution < 1.29 is 41.8 Å². The molecule has 1 aromatic carbocycles. The molecule has 1 N–H and O–H groups in total. The lowest BCUT2D eigenvalue weighted by molar-refractivity contribution is -0.171. The minimum Gasteiger partial charge on any atom is -0.466 e. The van der Waals surface area contributed by atoms with Gasteiger partial charge in [0.05, 0.1) is 20.3 Å². The lowest BCUT2D eigenvalue weighted by Crippen LogP contribution is -2.62. The Bertz CT molecular complexity index is 806. The van der Waals surface area contributed by atoms with E-state index >= 15 is 0 Å². The molecule has 1 heterocycles. The van der Waals surface area contributed by atoms with Crippen LogP contribution in [0.1, 0.15) is 25.3 Å². The molecular formula is C21H24F3NO6. The molecule has 0 spiro atoms. The molecule has 1 aromatic rings. The molecule has 31 heavy (non-hydrogen) atoms. The fourth-order valence-electron chi connectivity index (χ4n) is 3.75. The van der Waals surface area contributed by atoms with E-state index < -0.39 is 47.5 Å². The molecule has 1 aliphatic heterocycles. The van der Waals surface area contributed by atoms with Gasteiger partial charge in [-0.2, -0.15) is 13.2 Å². The molecule has 0 saturated carbocycles. The van der Waals surface area contributed by atoms with E-state index in [1.54, 1.807) is 18.2 Å². The SMILES string of the molecule is CCOC(=O)C1(C(=O)OCC)N[C@@H](C(F)(F)F)[C@H](c2ccccc2)[C@H]1/C=C/C(=O)OC. The largest absolute Gasteiger partial charge is 0.466 e. The number of rotatable bonds is 7. The number of alkyl halides is 3. The molecule has 10 heteroatoms. The molecule has 0 amide bonds. The van der Waals surface area contributed by atoms with E-state index in [0.29, 0.717) is 0 Å². The van der Waals surface area contributed by atoms with Gasteiger partial charge >= 0.3 is 24.1 Å². The van der Waals surface area contributed by atoms with Gasteiger partial charge in [-0.05, 0) is 19.4 Å². The number of halogens is 3. The normalized spacial score (nSPS) is 22.8. The molecule has 0 unspecified atom stereocenters. The average molecular weight is 443 g/mol. The van der Waals surface area contributed by atoms with Crippen LogP contribution in [-0.2, 0) is 28.6 Å². The van der Waals surface area contributed by atoms with Gasteiger partial charge in [0.2, 0.25) is 5.54 Å². The van der Waals surface area contributed by atoms with Crippen LogP contribution in [0.4, 0.5) is 13.2 Å². The van der Waals surface area contributed by atoms with Crippen LogP contribution in [0.25, 0.3) is 0 Å². The van der Waals surface area contributed by atoms with Crippen molar-refractivity contribution in [2.75, 3.05) is 20.3 Å². The quantitative estimate of drug-likeness (QED) is 0.300. The molecule has 7 nitrogen and oxygen atoms in total. The Kier molecular flexibility index (Phi) is 7.83. The van der Waals surface area contributed by atoms with Crippen LogP contribution in [0, 0.1) is 5.92 Å². The Morgan fingerprint density at radius 1 is 1.06 bits per heavy atom. The topological polar surface area (TPSA) is 90.9 Å². The summed E-state index contributed by atoms with van der Waals surface area (Å²) in [6.07, 6.45) is -2.89. The molecule has 1 saturated heterocycles. The highest BCUT2D eigenvalue weighted by Gasteiger charge is 2.68. The smallest absolute Gasteiger partial charge is 0.404 e. The number of ether oxygens (including phenoxy) is 3. The van der Waals surface area contributed by atoms with Gasteiger partial charge in [0, 0.05) is 17.9 Å². The van der Waals surface area contributed by atoms with Gasteiger partial charge < -0.3 is 14.2 Å². The first kappa shape index (κ1) is 24.4. The van der Waals surface area contributed by atoms with Crippen LogP contribution in [0.15, 0.2) is 42.5 Å². The maximum atomic E-state index is 14.1. The third-order valence-electron chi connectivity index (χ3n) is 5.00. The van der Waals surface area contributed by atoms with E-state index in [2.05, 4.69) is 10.1 Å². The summed E-state index contributed by atoms with van der Waals surface area (Å²) in [7, 11) is 1.09. The number of esters is 3. The molecule has 0 radical (unpaired) electrons. The Morgan fingerprint density at radius 2 is 1.61 bits per heavy atom. The number of carbonyl (C=O) groups excluding carboxylic acids is 3. The Hall–Kier alpha value is -2.88. The highest BCUT2D eigenvalue weighted by molar-refractivity contribution is 6.06. The second-order valence-electron chi connectivity index (χ2n) is 6.76. The Balaban J connectivity index is 2.78. The first-order valence-corrected chi connectivity index (χ1v) is 9.63. The standard InChI is InChI=1S/C21H24F3NO6/c1-4-30-18(27)20(19(28)31-5-2)14(11-12-15(26)29-3)16(13-9-7-6-8-10-13)17(25-20)21(22,23)24/h6-12,14,16-17,25H,4-5H2,1-3H3/b12-11+/t14-,16-,17-/m1/s1. The van der Waals surface area contributed by atoms with Crippen LogP contribution in [0.5, 0.6) is 0 Å². The molecule has 3 atom stereocenters. The van der Waals surface area contributed by atoms with Crippen LogP contribution in [-0.4, -0.2) is 56.0 Å². The molecule has 2 rings (SSSR count). The molecule has 1 fully saturated rings. The third kappa shape index (κ3) is 4.90. The van der Waals surface area contributed by atoms with Crippen molar-refractivity contribution in [3.05, 3.63) is 48.0 Å². The maximum Gasteiger partial charge on any atom is 0.404 e. The van der Waals surface area contributed by atoms with Gasteiger partial charge in [-0.25, -0.2) is 14.4 Å². The van der Waals surface area contributed by atoms with E-state index in [9.17, 15) is 27.6 Å². The molecule has 0 bridgehead atoms. The van der Waals surface area contributed by atoms with Gasteiger partial charge in [0.1, 0.15) is 6.04 Å². The summed E-state index contributed by atoms with van der Waals surface area (Å²) >= 11 is 0. The van der Waals surface area contributed by atoms with Crippen LogP contribution < -0.4 is 5.32 Å². The molecule has 1 aliphatic rings. The van der Waals surface area contributed by atoms with Crippen molar-refractivity contribution >= 4 is 17.9 Å². The predicted octanol–water partition coefficient (Wildman–Crippen LogP) is 2.51. The van der Waals surface area contributed by atoms with Crippen molar-refractivity contribution in [3.63, 3.8) is 0 Å². The van der Waals surface area contributed by atoms with Crippen molar-refractivity contribution in [3.8, 4) is 0 Å². The third-order valence-corrected chi connectivity index (χ3v) is 5.00. The van der Waals surface area contributed by atoms with Gasteiger partial charge in [-0.1, -0.05) is 36.4 Å². The predicted molar refractivity (Wildman–Crippen MR) is 103 cm³/mol. The second kappa shape index (κ2) is 9.95. The van der Waals surface area contributed by atoms with Crippen molar-refractivity contribution in [2.45, 2.75) is 37.5 Å². The van der Waals surface area contributed by atoms with E-state index in [-0.39, 0.29) is 18.8 Å². The number of methoxy groups -OCH3 is 1. The minimum absolute atomic E-state index is 0.179. The van der Waals surface area contributed by atoms with E-state index in [1.807, 2.05) is 0 Å². The number of hydrogen-bond acceptors (Lipinski definition) is 7. The summed E-state index contributed by atoms with van der Waals surface area (Å²) in [5.74, 6) is -6.19. The van der Waals surface area contributed by atoms with Crippen molar-refractivity contribution in [1.29, 1.82) is 0 Å². The van der Waals surface area contributed by atoms with Gasteiger partial charge in [0.15, 0.2) is 0 Å². The van der Waals surface area contributed by atoms with Gasteiger partial charge in [-0.3, -0.25) is 5.32 Å². The summed E-state index contributed by atoms with van der Waals surface area (Å²) in [4.78, 5) is 37.6. The Labute approximate surface area is 177 Å². The van der Waals surface area contributed by atoms with Crippen LogP contribution in [0.3, 0.4) is 0 Å². The summed E-state index contributed by atoms with van der Waals surface area (Å²) < 4.78 is 56.8. The zero-order chi connectivity index (χ0) is 23.2. The molecular weight excluding hydrogens is 419 g/mol. The van der Waals surface area contributed by atoms with Crippen LogP contribution >= 0.6 is 0 Å².